The first kappa shape index (κ1) is 14.4. The maximum Gasteiger partial charge on any atom is 0.0918 e. The van der Waals surface area contributed by atoms with Gasteiger partial charge in [-0.15, -0.1) is 0 Å². The fourth-order valence-corrected chi connectivity index (χ4v) is 3.05. The third-order valence-corrected chi connectivity index (χ3v) is 4.47. The first-order valence-electron chi connectivity index (χ1n) is 6.66. The molecular weight excluding hydrogens is 305 g/mol. The molecule has 3 aromatic rings. The van der Waals surface area contributed by atoms with Gasteiger partial charge in [0.15, 0.2) is 0 Å². The van der Waals surface area contributed by atoms with Crippen LogP contribution in [0, 0.1) is 0 Å². The van der Waals surface area contributed by atoms with Gasteiger partial charge in [-0.25, -0.2) is 0 Å². The monoisotopic (exact) mass is 319 g/mol. The lowest BCUT2D eigenvalue weighted by atomic mass is 10.0. The summed E-state index contributed by atoms with van der Waals surface area (Å²) in [5, 5.41) is 10.2. The molecule has 0 saturated carbocycles. The van der Waals surface area contributed by atoms with Gasteiger partial charge in [-0.1, -0.05) is 53.5 Å². The molecule has 0 aliphatic heterocycles. The van der Waals surface area contributed by atoms with Crippen LogP contribution in [0.2, 0.25) is 10.0 Å². The molecule has 1 unspecified atom stereocenters. The Balaban J connectivity index is 2.21. The quantitative estimate of drug-likeness (QED) is 0.784. The third-order valence-electron chi connectivity index (χ3n) is 3.64. The Morgan fingerprint density at radius 2 is 1.86 bits per heavy atom. The van der Waals surface area contributed by atoms with Gasteiger partial charge >= 0.3 is 0 Å². The molecule has 0 bridgehead atoms. The molecule has 0 aliphatic rings. The molecule has 0 amide bonds. The van der Waals surface area contributed by atoms with Crippen LogP contribution in [-0.4, -0.2) is 16.8 Å². The largest absolute Gasteiger partial charge is 0.308 e. The molecule has 0 radical (unpaired) electrons. The van der Waals surface area contributed by atoms with E-state index < -0.39 is 0 Å². The Bertz CT molecular complexity index is 795. The highest BCUT2D eigenvalue weighted by molar-refractivity contribution is 6.42. The third kappa shape index (κ3) is 2.42. The second kappa shape index (κ2) is 5.68. The standard InChI is InChI=1S/C16H15Cl2N3/c1-19-15(11-7-5-8-12(17)14(11)18)16-10-6-3-4-9-13(10)21(2)20-16/h3-9,15,19H,1-2H3. The first-order valence-corrected chi connectivity index (χ1v) is 7.42. The van der Waals surface area contributed by atoms with E-state index in [0.717, 1.165) is 22.2 Å². The zero-order valence-corrected chi connectivity index (χ0v) is 13.3. The van der Waals surface area contributed by atoms with Crippen molar-refractivity contribution < 1.29 is 0 Å². The van der Waals surface area contributed by atoms with Crippen molar-refractivity contribution in [3.63, 3.8) is 0 Å². The van der Waals surface area contributed by atoms with Crippen LogP contribution in [0.3, 0.4) is 0 Å². The van der Waals surface area contributed by atoms with Crippen molar-refractivity contribution >= 4 is 34.1 Å². The second-order valence-electron chi connectivity index (χ2n) is 4.89. The van der Waals surface area contributed by atoms with Crippen LogP contribution in [0.5, 0.6) is 0 Å². The van der Waals surface area contributed by atoms with Gasteiger partial charge in [0.05, 0.1) is 27.3 Å². The van der Waals surface area contributed by atoms with E-state index in [4.69, 9.17) is 23.2 Å². The number of nitrogens with one attached hydrogen (secondary N) is 1. The molecule has 1 aromatic heterocycles. The summed E-state index contributed by atoms with van der Waals surface area (Å²) in [6.45, 7) is 0. The van der Waals surface area contributed by atoms with Crippen LogP contribution >= 0.6 is 23.2 Å². The van der Waals surface area contributed by atoms with E-state index in [0.29, 0.717) is 10.0 Å². The number of fused-ring (bicyclic) bond motifs is 1. The lowest BCUT2D eigenvalue weighted by Crippen LogP contribution is -2.19. The van der Waals surface area contributed by atoms with Crippen molar-refractivity contribution in [2.45, 2.75) is 6.04 Å². The van der Waals surface area contributed by atoms with Crippen LogP contribution in [0.25, 0.3) is 10.9 Å². The summed E-state index contributed by atoms with van der Waals surface area (Å²) in [6, 6.07) is 13.7. The molecule has 0 spiro atoms. The minimum Gasteiger partial charge on any atom is -0.308 e. The predicted molar refractivity (Wildman–Crippen MR) is 88.1 cm³/mol. The van der Waals surface area contributed by atoms with Crippen LogP contribution in [0.1, 0.15) is 17.3 Å². The van der Waals surface area contributed by atoms with Crippen molar-refractivity contribution in [3.8, 4) is 0 Å². The number of benzene rings is 2. The maximum atomic E-state index is 6.37. The Morgan fingerprint density at radius 1 is 1.10 bits per heavy atom. The molecule has 1 heterocycles. The van der Waals surface area contributed by atoms with Crippen molar-refractivity contribution in [3.05, 3.63) is 63.8 Å². The molecule has 3 rings (SSSR count). The SMILES string of the molecule is CNC(c1cccc(Cl)c1Cl)c1nn(C)c2ccccc12. The summed E-state index contributed by atoms with van der Waals surface area (Å²) in [5.41, 5.74) is 2.96. The van der Waals surface area contributed by atoms with Gasteiger partial charge in [-0.2, -0.15) is 5.10 Å². The highest BCUT2D eigenvalue weighted by atomic mass is 35.5. The minimum absolute atomic E-state index is 0.109. The van der Waals surface area contributed by atoms with Crippen molar-refractivity contribution in [1.29, 1.82) is 0 Å². The number of hydrogen-bond acceptors (Lipinski definition) is 2. The molecule has 21 heavy (non-hydrogen) atoms. The van der Waals surface area contributed by atoms with Crippen LogP contribution < -0.4 is 5.32 Å². The second-order valence-corrected chi connectivity index (χ2v) is 5.68. The summed E-state index contributed by atoms with van der Waals surface area (Å²) in [7, 11) is 3.84. The molecule has 0 saturated heterocycles. The van der Waals surface area contributed by atoms with E-state index >= 15 is 0 Å². The summed E-state index contributed by atoms with van der Waals surface area (Å²) < 4.78 is 1.88. The van der Waals surface area contributed by atoms with Crippen molar-refractivity contribution in [1.82, 2.24) is 15.1 Å². The molecule has 0 fully saturated rings. The van der Waals surface area contributed by atoms with Crippen LogP contribution in [-0.2, 0) is 7.05 Å². The van der Waals surface area contributed by atoms with E-state index in [9.17, 15) is 0 Å². The van der Waals surface area contributed by atoms with Gasteiger partial charge in [0.25, 0.3) is 0 Å². The normalized spacial score (nSPS) is 12.8. The molecule has 1 atom stereocenters. The Hall–Kier alpha value is -1.55. The number of hydrogen-bond donors (Lipinski definition) is 1. The highest BCUT2D eigenvalue weighted by Gasteiger charge is 2.22. The van der Waals surface area contributed by atoms with Gasteiger partial charge in [-0.05, 0) is 24.7 Å². The zero-order valence-electron chi connectivity index (χ0n) is 11.8. The Kier molecular flexibility index (Phi) is 3.89. The topological polar surface area (TPSA) is 29.9 Å². The van der Waals surface area contributed by atoms with E-state index in [-0.39, 0.29) is 6.04 Å². The molecule has 0 aliphatic carbocycles. The fraction of sp³-hybridized carbons (Fsp3) is 0.188. The average molecular weight is 320 g/mol. The highest BCUT2D eigenvalue weighted by Crippen LogP contribution is 2.34. The number of aromatic nitrogens is 2. The fourth-order valence-electron chi connectivity index (χ4n) is 2.64. The van der Waals surface area contributed by atoms with Gasteiger partial charge in [0, 0.05) is 12.4 Å². The summed E-state index contributed by atoms with van der Waals surface area (Å²) in [4.78, 5) is 0. The van der Waals surface area contributed by atoms with Crippen LogP contribution in [0.4, 0.5) is 0 Å². The predicted octanol–water partition coefficient (Wildman–Crippen LogP) is 4.19. The van der Waals surface area contributed by atoms with E-state index in [1.165, 1.54) is 0 Å². The smallest absolute Gasteiger partial charge is 0.0918 e. The van der Waals surface area contributed by atoms with E-state index in [1.54, 1.807) is 6.07 Å². The van der Waals surface area contributed by atoms with Gasteiger partial charge in [0.1, 0.15) is 0 Å². The lowest BCUT2D eigenvalue weighted by molar-refractivity contribution is 0.648. The molecule has 3 nitrogen and oxygen atoms in total. The summed E-state index contributed by atoms with van der Waals surface area (Å²) in [6.07, 6.45) is 0. The molecular formula is C16H15Cl2N3. The average Bonchev–Trinajstić information content (AvgIpc) is 2.82. The molecule has 2 aromatic carbocycles. The van der Waals surface area contributed by atoms with Crippen molar-refractivity contribution in [2.24, 2.45) is 7.05 Å². The summed E-state index contributed by atoms with van der Waals surface area (Å²) >= 11 is 12.5. The number of halogens is 2. The van der Waals surface area contributed by atoms with Gasteiger partial charge in [0.2, 0.25) is 0 Å². The van der Waals surface area contributed by atoms with E-state index in [2.05, 4.69) is 22.5 Å². The molecule has 5 heteroatoms. The van der Waals surface area contributed by atoms with Crippen molar-refractivity contribution in [2.75, 3.05) is 7.05 Å². The Labute approximate surface area is 133 Å². The maximum absolute atomic E-state index is 6.37. The molecule has 1 N–H and O–H groups in total. The first-order chi connectivity index (χ1) is 10.1. The number of aryl methyl sites for hydroxylation is 1. The van der Waals surface area contributed by atoms with Crippen LogP contribution in [0.15, 0.2) is 42.5 Å². The van der Waals surface area contributed by atoms with E-state index in [1.807, 2.05) is 43.0 Å². The Morgan fingerprint density at radius 3 is 2.62 bits per heavy atom. The zero-order chi connectivity index (χ0) is 15.0. The summed E-state index contributed by atoms with van der Waals surface area (Å²) in [5.74, 6) is 0. The lowest BCUT2D eigenvalue weighted by Gasteiger charge is -2.17. The van der Waals surface area contributed by atoms with Gasteiger partial charge in [-0.3, -0.25) is 4.68 Å². The number of rotatable bonds is 3. The minimum atomic E-state index is -0.109. The number of para-hydroxylation sites is 1. The van der Waals surface area contributed by atoms with Gasteiger partial charge < -0.3 is 5.32 Å². The number of nitrogens with zero attached hydrogens (tertiary/aromatic N) is 2. The molecule has 108 valence electrons.